The number of benzene rings is 1. The van der Waals surface area contributed by atoms with Crippen LogP contribution in [0.4, 0.5) is 0 Å². The first-order valence-electron chi connectivity index (χ1n) is 7.31. The Balaban J connectivity index is 2.57. The van der Waals surface area contributed by atoms with Gasteiger partial charge in [-0.05, 0) is 37.5 Å². The molecule has 0 aliphatic heterocycles. The van der Waals surface area contributed by atoms with Gasteiger partial charge in [-0.15, -0.1) is 0 Å². The molecule has 0 fully saturated rings. The number of unbranched alkanes of at least 4 members (excludes halogenated alkanes) is 2. The lowest BCUT2D eigenvalue weighted by molar-refractivity contribution is 0.265. The molecule has 0 heterocycles. The Kier molecular flexibility index (Phi) is 8.07. The number of nitrogens with one attached hydrogen (secondary N) is 1. The van der Waals surface area contributed by atoms with Gasteiger partial charge in [0, 0.05) is 24.8 Å². The SMILES string of the molecule is COc1ccc(OCCCCCO)c(CNC(C)C)c1. The van der Waals surface area contributed by atoms with Crippen molar-refractivity contribution in [1.29, 1.82) is 0 Å². The quantitative estimate of drug-likeness (QED) is 0.648. The molecule has 2 N–H and O–H groups in total. The van der Waals surface area contributed by atoms with Gasteiger partial charge in [-0.1, -0.05) is 13.8 Å². The van der Waals surface area contributed by atoms with Crippen molar-refractivity contribution in [2.45, 2.75) is 45.7 Å². The summed E-state index contributed by atoms with van der Waals surface area (Å²) in [6.45, 7) is 5.94. The molecule has 0 atom stereocenters. The van der Waals surface area contributed by atoms with Crippen LogP contribution in [-0.2, 0) is 6.54 Å². The molecule has 4 heteroatoms. The van der Waals surface area contributed by atoms with Crippen molar-refractivity contribution in [2.24, 2.45) is 0 Å². The van der Waals surface area contributed by atoms with Crippen molar-refractivity contribution < 1.29 is 14.6 Å². The van der Waals surface area contributed by atoms with Crippen LogP contribution in [0.5, 0.6) is 11.5 Å². The topological polar surface area (TPSA) is 50.7 Å². The van der Waals surface area contributed by atoms with Crippen LogP contribution in [0.2, 0.25) is 0 Å². The number of ether oxygens (including phenoxy) is 2. The van der Waals surface area contributed by atoms with Gasteiger partial charge in [0.15, 0.2) is 0 Å². The van der Waals surface area contributed by atoms with E-state index in [0.29, 0.717) is 12.6 Å². The first kappa shape index (κ1) is 16.8. The molecule has 4 nitrogen and oxygen atoms in total. The van der Waals surface area contributed by atoms with Gasteiger partial charge in [0.05, 0.1) is 13.7 Å². The molecule has 0 saturated carbocycles. The lowest BCUT2D eigenvalue weighted by Crippen LogP contribution is -2.22. The Bertz CT molecular complexity index is 380. The second-order valence-electron chi connectivity index (χ2n) is 5.14. The van der Waals surface area contributed by atoms with Crippen molar-refractivity contribution in [3.8, 4) is 11.5 Å². The van der Waals surface area contributed by atoms with Gasteiger partial charge in [0.25, 0.3) is 0 Å². The molecular formula is C16H27NO3. The summed E-state index contributed by atoms with van der Waals surface area (Å²) in [4.78, 5) is 0. The van der Waals surface area contributed by atoms with Crippen molar-refractivity contribution in [3.05, 3.63) is 23.8 Å². The third-order valence-electron chi connectivity index (χ3n) is 3.03. The second kappa shape index (κ2) is 9.61. The summed E-state index contributed by atoms with van der Waals surface area (Å²) in [6, 6.07) is 6.32. The summed E-state index contributed by atoms with van der Waals surface area (Å²) in [5, 5.41) is 12.1. The zero-order valence-corrected chi connectivity index (χ0v) is 12.8. The van der Waals surface area contributed by atoms with Gasteiger partial charge < -0.3 is 19.9 Å². The molecule has 0 saturated heterocycles. The lowest BCUT2D eigenvalue weighted by atomic mass is 10.1. The minimum absolute atomic E-state index is 0.256. The van der Waals surface area contributed by atoms with Gasteiger partial charge in [-0.3, -0.25) is 0 Å². The Morgan fingerprint density at radius 3 is 2.65 bits per heavy atom. The zero-order chi connectivity index (χ0) is 14.8. The second-order valence-corrected chi connectivity index (χ2v) is 5.14. The van der Waals surface area contributed by atoms with E-state index in [0.717, 1.165) is 42.9 Å². The van der Waals surface area contributed by atoms with E-state index in [1.807, 2.05) is 18.2 Å². The number of aliphatic hydroxyl groups excluding tert-OH is 1. The largest absolute Gasteiger partial charge is 0.497 e. The monoisotopic (exact) mass is 281 g/mol. The van der Waals surface area contributed by atoms with Gasteiger partial charge >= 0.3 is 0 Å². The average molecular weight is 281 g/mol. The summed E-state index contributed by atoms with van der Waals surface area (Å²) in [5.41, 5.74) is 1.11. The number of methoxy groups -OCH3 is 1. The first-order chi connectivity index (χ1) is 9.67. The molecule has 20 heavy (non-hydrogen) atoms. The predicted molar refractivity (Wildman–Crippen MR) is 81.4 cm³/mol. The van der Waals surface area contributed by atoms with E-state index in [1.165, 1.54) is 0 Å². The van der Waals surface area contributed by atoms with E-state index in [-0.39, 0.29) is 6.61 Å². The van der Waals surface area contributed by atoms with Crippen LogP contribution in [-0.4, -0.2) is 31.5 Å². The highest BCUT2D eigenvalue weighted by atomic mass is 16.5. The molecule has 114 valence electrons. The standard InChI is InChI=1S/C16H27NO3/c1-13(2)17-12-14-11-15(19-3)7-8-16(14)20-10-6-4-5-9-18/h7-8,11,13,17-18H,4-6,9-10,12H2,1-3H3. The fourth-order valence-electron chi connectivity index (χ4n) is 1.85. The van der Waals surface area contributed by atoms with E-state index in [1.54, 1.807) is 7.11 Å². The lowest BCUT2D eigenvalue weighted by Gasteiger charge is -2.15. The maximum atomic E-state index is 8.74. The van der Waals surface area contributed by atoms with Crippen LogP contribution in [0.15, 0.2) is 18.2 Å². The molecule has 1 aromatic rings. The molecule has 0 radical (unpaired) electrons. The van der Waals surface area contributed by atoms with Crippen molar-refractivity contribution in [3.63, 3.8) is 0 Å². The summed E-state index contributed by atoms with van der Waals surface area (Å²) in [6.07, 6.45) is 2.80. The van der Waals surface area contributed by atoms with Gasteiger partial charge in [0.2, 0.25) is 0 Å². The van der Waals surface area contributed by atoms with Crippen LogP contribution in [0, 0.1) is 0 Å². The molecule has 1 rings (SSSR count). The molecule has 0 amide bonds. The fourth-order valence-corrected chi connectivity index (χ4v) is 1.85. The van der Waals surface area contributed by atoms with E-state index >= 15 is 0 Å². The van der Waals surface area contributed by atoms with Crippen LogP contribution < -0.4 is 14.8 Å². The summed E-state index contributed by atoms with van der Waals surface area (Å²) in [7, 11) is 1.67. The Morgan fingerprint density at radius 1 is 1.20 bits per heavy atom. The van der Waals surface area contributed by atoms with Crippen LogP contribution in [0.3, 0.4) is 0 Å². The highest BCUT2D eigenvalue weighted by molar-refractivity contribution is 5.40. The molecular weight excluding hydrogens is 254 g/mol. The Labute approximate surface area is 122 Å². The normalized spacial score (nSPS) is 10.8. The smallest absolute Gasteiger partial charge is 0.124 e. The molecule has 0 unspecified atom stereocenters. The molecule has 0 aliphatic rings. The van der Waals surface area contributed by atoms with E-state index < -0.39 is 0 Å². The number of hydrogen-bond acceptors (Lipinski definition) is 4. The van der Waals surface area contributed by atoms with E-state index in [9.17, 15) is 0 Å². The van der Waals surface area contributed by atoms with Crippen molar-refractivity contribution in [1.82, 2.24) is 5.32 Å². The van der Waals surface area contributed by atoms with Crippen LogP contribution in [0.25, 0.3) is 0 Å². The maximum Gasteiger partial charge on any atom is 0.124 e. The zero-order valence-electron chi connectivity index (χ0n) is 12.8. The van der Waals surface area contributed by atoms with Gasteiger partial charge in [-0.25, -0.2) is 0 Å². The fraction of sp³-hybridized carbons (Fsp3) is 0.625. The molecule has 0 bridgehead atoms. The molecule has 0 spiro atoms. The summed E-state index contributed by atoms with van der Waals surface area (Å²) >= 11 is 0. The number of rotatable bonds is 10. The number of aliphatic hydroxyl groups is 1. The van der Waals surface area contributed by atoms with Crippen LogP contribution in [0.1, 0.15) is 38.7 Å². The molecule has 1 aromatic carbocycles. The molecule has 0 aliphatic carbocycles. The van der Waals surface area contributed by atoms with Gasteiger partial charge in [-0.2, -0.15) is 0 Å². The van der Waals surface area contributed by atoms with E-state index in [4.69, 9.17) is 14.6 Å². The minimum Gasteiger partial charge on any atom is -0.497 e. The third-order valence-corrected chi connectivity index (χ3v) is 3.03. The van der Waals surface area contributed by atoms with Gasteiger partial charge in [0.1, 0.15) is 11.5 Å². The first-order valence-corrected chi connectivity index (χ1v) is 7.31. The van der Waals surface area contributed by atoms with Crippen molar-refractivity contribution in [2.75, 3.05) is 20.3 Å². The summed E-state index contributed by atoms with van der Waals surface area (Å²) in [5.74, 6) is 1.75. The average Bonchev–Trinajstić information content (AvgIpc) is 2.45. The highest BCUT2D eigenvalue weighted by Gasteiger charge is 2.06. The minimum atomic E-state index is 0.256. The Hall–Kier alpha value is -1.26. The number of hydrogen-bond donors (Lipinski definition) is 2. The van der Waals surface area contributed by atoms with Crippen LogP contribution >= 0.6 is 0 Å². The Morgan fingerprint density at radius 2 is 2.00 bits per heavy atom. The predicted octanol–water partition coefficient (Wildman–Crippen LogP) is 2.73. The van der Waals surface area contributed by atoms with E-state index in [2.05, 4.69) is 19.2 Å². The maximum absolute atomic E-state index is 8.74. The molecule has 0 aromatic heterocycles. The third kappa shape index (κ3) is 6.26. The highest BCUT2D eigenvalue weighted by Crippen LogP contribution is 2.24. The van der Waals surface area contributed by atoms with Crippen molar-refractivity contribution >= 4 is 0 Å². The summed E-state index contributed by atoms with van der Waals surface area (Å²) < 4.78 is 11.1.